The maximum absolute atomic E-state index is 12.2. The number of hydrogen-bond donors (Lipinski definition) is 2. The minimum absolute atomic E-state index is 0.0436. The first kappa shape index (κ1) is 17.9. The van der Waals surface area contributed by atoms with E-state index < -0.39 is 10.0 Å². The molecule has 0 saturated heterocycles. The fourth-order valence-corrected chi connectivity index (χ4v) is 2.66. The lowest BCUT2D eigenvalue weighted by Gasteiger charge is -2.25. The Morgan fingerprint density at radius 2 is 1.96 bits per heavy atom. The Labute approximate surface area is 141 Å². The molecule has 2 amide bonds. The van der Waals surface area contributed by atoms with Gasteiger partial charge in [0.2, 0.25) is 10.0 Å². The molecule has 1 aromatic carbocycles. The molecule has 24 heavy (non-hydrogen) atoms. The summed E-state index contributed by atoms with van der Waals surface area (Å²) in [6.07, 6.45) is 3.36. The maximum Gasteiger partial charge on any atom is 0.317 e. The van der Waals surface area contributed by atoms with Gasteiger partial charge in [0.05, 0.1) is 10.9 Å². The third-order valence-electron chi connectivity index (χ3n) is 3.76. The Kier molecular flexibility index (Phi) is 5.53. The highest BCUT2D eigenvalue weighted by Crippen LogP contribution is 2.20. The van der Waals surface area contributed by atoms with Crippen LogP contribution in [0.5, 0.6) is 0 Å². The summed E-state index contributed by atoms with van der Waals surface area (Å²) < 4.78 is 22.5. The van der Waals surface area contributed by atoms with Crippen molar-refractivity contribution in [1.29, 1.82) is 0 Å². The number of urea groups is 1. The van der Waals surface area contributed by atoms with E-state index in [0.29, 0.717) is 6.54 Å². The highest BCUT2D eigenvalue weighted by atomic mass is 32.2. The zero-order valence-corrected chi connectivity index (χ0v) is 14.3. The minimum atomic E-state index is -3.72. The Bertz CT molecular complexity index is 792. The zero-order valence-electron chi connectivity index (χ0n) is 13.5. The number of hydrogen-bond acceptors (Lipinski definition) is 4. The van der Waals surface area contributed by atoms with Crippen LogP contribution in [0.25, 0.3) is 0 Å². The number of nitrogens with zero attached hydrogens (tertiary/aromatic N) is 2. The van der Waals surface area contributed by atoms with Crippen molar-refractivity contribution >= 4 is 16.1 Å². The van der Waals surface area contributed by atoms with Crippen LogP contribution in [0.3, 0.4) is 0 Å². The molecule has 8 heteroatoms. The summed E-state index contributed by atoms with van der Waals surface area (Å²) in [5, 5.41) is 7.89. The number of aromatic nitrogens is 1. The van der Waals surface area contributed by atoms with E-state index in [4.69, 9.17) is 5.14 Å². The smallest absolute Gasteiger partial charge is 0.317 e. The molecule has 0 aliphatic rings. The lowest BCUT2D eigenvalue weighted by molar-refractivity contribution is 0.194. The molecule has 128 valence electrons. The van der Waals surface area contributed by atoms with Crippen molar-refractivity contribution in [2.45, 2.75) is 24.4 Å². The van der Waals surface area contributed by atoms with Gasteiger partial charge >= 0.3 is 6.03 Å². The zero-order chi connectivity index (χ0) is 17.7. The second-order valence-electron chi connectivity index (χ2n) is 5.42. The second kappa shape index (κ2) is 7.41. The van der Waals surface area contributed by atoms with E-state index in [1.54, 1.807) is 42.5 Å². The summed E-state index contributed by atoms with van der Waals surface area (Å²) in [6.45, 7) is 2.24. The molecule has 0 saturated carbocycles. The highest BCUT2D eigenvalue weighted by molar-refractivity contribution is 7.89. The Morgan fingerprint density at radius 1 is 1.29 bits per heavy atom. The summed E-state index contributed by atoms with van der Waals surface area (Å²) in [5.41, 5.74) is 1.71. The Hall–Kier alpha value is -2.45. The second-order valence-corrected chi connectivity index (χ2v) is 6.98. The molecule has 2 aromatic rings. The molecule has 0 radical (unpaired) electrons. The lowest BCUT2D eigenvalue weighted by atomic mass is 10.1. The minimum Gasteiger partial charge on any atom is -0.334 e. The topological polar surface area (TPSA) is 105 Å². The average molecular weight is 348 g/mol. The maximum atomic E-state index is 12.2. The number of nitrogens with two attached hydrogens (primary N) is 1. The van der Waals surface area contributed by atoms with E-state index in [-0.39, 0.29) is 17.0 Å². The number of carbonyl (C=O) groups is 1. The quantitative estimate of drug-likeness (QED) is 0.856. The Morgan fingerprint density at radius 3 is 2.50 bits per heavy atom. The molecule has 0 aliphatic heterocycles. The first-order valence-corrected chi connectivity index (χ1v) is 8.86. The van der Waals surface area contributed by atoms with Crippen LogP contribution >= 0.6 is 0 Å². The van der Waals surface area contributed by atoms with E-state index in [9.17, 15) is 13.2 Å². The van der Waals surface area contributed by atoms with Gasteiger partial charge in [-0.05, 0) is 36.2 Å². The predicted molar refractivity (Wildman–Crippen MR) is 90.5 cm³/mol. The van der Waals surface area contributed by atoms with Crippen molar-refractivity contribution in [3.8, 4) is 0 Å². The van der Waals surface area contributed by atoms with Gasteiger partial charge in [-0.25, -0.2) is 18.4 Å². The molecule has 0 aliphatic carbocycles. The van der Waals surface area contributed by atoms with Crippen LogP contribution in [0.2, 0.25) is 0 Å². The van der Waals surface area contributed by atoms with E-state index in [1.807, 2.05) is 13.0 Å². The molecule has 3 N–H and O–H groups in total. The van der Waals surface area contributed by atoms with Crippen molar-refractivity contribution in [1.82, 2.24) is 15.2 Å². The van der Waals surface area contributed by atoms with E-state index in [0.717, 1.165) is 11.1 Å². The van der Waals surface area contributed by atoms with Gasteiger partial charge in [0, 0.05) is 26.0 Å². The summed E-state index contributed by atoms with van der Waals surface area (Å²) in [6, 6.07) is 9.38. The number of carbonyl (C=O) groups excluding carboxylic acids is 1. The fraction of sp³-hybridized carbons (Fsp3) is 0.250. The van der Waals surface area contributed by atoms with Gasteiger partial charge in [-0.2, -0.15) is 0 Å². The van der Waals surface area contributed by atoms with Gasteiger partial charge < -0.3 is 10.2 Å². The number of nitrogens with one attached hydrogen (secondary N) is 1. The van der Waals surface area contributed by atoms with Gasteiger partial charge in [0.1, 0.15) is 0 Å². The van der Waals surface area contributed by atoms with Crippen LogP contribution in [0.15, 0.2) is 53.7 Å². The van der Waals surface area contributed by atoms with Gasteiger partial charge in [-0.3, -0.25) is 4.98 Å². The van der Waals surface area contributed by atoms with Crippen molar-refractivity contribution in [3.63, 3.8) is 0 Å². The number of pyridine rings is 1. The number of benzene rings is 1. The van der Waals surface area contributed by atoms with E-state index in [2.05, 4.69) is 10.3 Å². The molecule has 1 heterocycles. The molecular formula is C16H20N4O3S. The molecule has 1 atom stereocenters. The van der Waals surface area contributed by atoms with Gasteiger partial charge in [0.25, 0.3) is 0 Å². The highest BCUT2D eigenvalue weighted by Gasteiger charge is 2.18. The number of primary sulfonamides is 1. The molecule has 2 rings (SSSR count). The SMILES string of the molecule is C[C@@H](c1ccc(S(N)(=O)=O)cc1)N(C)C(=O)NCc1cccnc1. The molecule has 7 nitrogen and oxygen atoms in total. The number of rotatable bonds is 5. The number of sulfonamides is 1. The van der Waals surface area contributed by atoms with Crippen LogP contribution < -0.4 is 10.5 Å². The standard InChI is InChI=1S/C16H20N4O3S/c1-12(14-5-7-15(8-6-14)24(17,22)23)20(2)16(21)19-11-13-4-3-9-18-10-13/h3-10,12H,11H2,1-2H3,(H,19,21)(H2,17,22,23)/t12-/m0/s1. The number of amides is 2. The largest absolute Gasteiger partial charge is 0.334 e. The van der Waals surface area contributed by atoms with Crippen molar-refractivity contribution in [2.75, 3.05) is 7.05 Å². The van der Waals surface area contributed by atoms with Crippen LogP contribution in [0.4, 0.5) is 4.79 Å². The van der Waals surface area contributed by atoms with Crippen molar-refractivity contribution in [2.24, 2.45) is 5.14 Å². The third-order valence-corrected chi connectivity index (χ3v) is 4.69. The fourth-order valence-electron chi connectivity index (χ4n) is 2.14. The summed E-state index contributed by atoms with van der Waals surface area (Å²) in [5.74, 6) is 0. The normalized spacial score (nSPS) is 12.5. The lowest BCUT2D eigenvalue weighted by Crippen LogP contribution is -2.38. The van der Waals surface area contributed by atoms with Crippen molar-refractivity contribution < 1.29 is 13.2 Å². The van der Waals surface area contributed by atoms with E-state index in [1.165, 1.54) is 12.1 Å². The third kappa shape index (κ3) is 4.53. The van der Waals surface area contributed by atoms with Crippen molar-refractivity contribution in [3.05, 3.63) is 59.9 Å². The first-order chi connectivity index (χ1) is 11.3. The van der Waals surface area contributed by atoms with Gasteiger partial charge in [-0.15, -0.1) is 0 Å². The Balaban J connectivity index is 2.00. The van der Waals surface area contributed by atoms with E-state index >= 15 is 0 Å². The predicted octanol–water partition coefficient (Wildman–Crippen LogP) is 1.63. The molecule has 0 fully saturated rings. The van der Waals surface area contributed by atoms with Crippen LogP contribution in [0.1, 0.15) is 24.1 Å². The van der Waals surface area contributed by atoms with Gasteiger partial charge in [-0.1, -0.05) is 18.2 Å². The van der Waals surface area contributed by atoms with Crippen LogP contribution in [-0.2, 0) is 16.6 Å². The first-order valence-electron chi connectivity index (χ1n) is 7.31. The average Bonchev–Trinajstić information content (AvgIpc) is 2.58. The summed E-state index contributed by atoms with van der Waals surface area (Å²) in [7, 11) is -2.04. The van der Waals surface area contributed by atoms with Gasteiger partial charge in [0.15, 0.2) is 0 Å². The molecule has 1 aromatic heterocycles. The molecule has 0 spiro atoms. The monoisotopic (exact) mass is 348 g/mol. The summed E-state index contributed by atoms with van der Waals surface area (Å²) >= 11 is 0. The molecule has 0 unspecified atom stereocenters. The molecular weight excluding hydrogens is 328 g/mol. The summed E-state index contributed by atoms with van der Waals surface area (Å²) in [4.78, 5) is 17.8. The van der Waals surface area contributed by atoms with Crippen LogP contribution in [-0.4, -0.2) is 31.4 Å². The molecule has 0 bridgehead atoms. The van der Waals surface area contributed by atoms with Crippen LogP contribution in [0, 0.1) is 0 Å².